The van der Waals surface area contributed by atoms with Crippen molar-refractivity contribution in [3.05, 3.63) is 69.2 Å². The van der Waals surface area contributed by atoms with Gasteiger partial charge in [0.2, 0.25) is 5.56 Å². The van der Waals surface area contributed by atoms with Crippen molar-refractivity contribution < 1.29 is 4.79 Å². The molecule has 6 heteroatoms. The zero-order valence-electron chi connectivity index (χ0n) is 10.8. The molecule has 2 N–H and O–H groups in total. The molecule has 0 aliphatic rings. The second-order valence-corrected chi connectivity index (χ2v) is 5.23. The highest BCUT2D eigenvalue weighted by molar-refractivity contribution is 9.10. The number of para-hydroxylation sites is 1. The highest BCUT2D eigenvalue weighted by atomic mass is 79.9. The van der Waals surface area contributed by atoms with Gasteiger partial charge in [-0.1, -0.05) is 18.2 Å². The summed E-state index contributed by atoms with van der Waals surface area (Å²) in [5.41, 5.74) is 1.21. The molecule has 0 unspecified atom stereocenters. The van der Waals surface area contributed by atoms with Crippen molar-refractivity contribution in [1.29, 1.82) is 0 Å². The standard InChI is InChI=1S/C15H10BrN3O2/c16-13-6-5-9(8-17-13)18-15(21)11-7-14(20)19-12-4-2-1-3-10(11)12/h1-8H,(H,18,21)(H,19,20). The van der Waals surface area contributed by atoms with Gasteiger partial charge in [0.25, 0.3) is 5.91 Å². The van der Waals surface area contributed by atoms with Crippen LogP contribution in [-0.2, 0) is 0 Å². The van der Waals surface area contributed by atoms with Gasteiger partial charge in [0.1, 0.15) is 4.60 Å². The van der Waals surface area contributed by atoms with E-state index >= 15 is 0 Å². The van der Waals surface area contributed by atoms with E-state index in [4.69, 9.17) is 0 Å². The highest BCUT2D eigenvalue weighted by Crippen LogP contribution is 2.17. The Hall–Kier alpha value is -2.47. The second-order valence-electron chi connectivity index (χ2n) is 4.42. The number of hydrogen-bond acceptors (Lipinski definition) is 3. The number of benzene rings is 1. The molecule has 2 heterocycles. The normalized spacial score (nSPS) is 10.5. The van der Waals surface area contributed by atoms with Gasteiger partial charge in [-0.05, 0) is 34.1 Å². The molecule has 0 atom stereocenters. The number of hydrogen-bond donors (Lipinski definition) is 2. The van der Waals surface area contributed by atoms with E-state index < -0.39 is 0 Å². The van der Waals surface area contributed by atoms with Crippen molar-refractivity contribution in [1.82, 2.24) is 9.97 Å². The van der Waals surface area contributed by atoms with E-state index in [0.717, 1.165) is 0 Å². The van der Waals surface area contributed by atoms with Crippen LogP contribution in [0.3, 0.4) is 0 Å². The predicted molar refractivity (Wildman–Crippen MR) is 84.5 cm³/mol. The molecular weight excluding hydrogens is 334 g/mol. The molecule has 0 radical (unpaired) electrons. The van der Waals surface area contributed by atoms with E-state index in [1.165, 1.54) is 12.3 Å². The van der Waals surface area contributed by atoms with Crippen LogP contribution in [0.25, 0.3) is 10.9 Å². The zero-order chi connectivity index (χ0) is 14.8. The Morgan fingerprint density at radius 2 is 2.00 bits per heavy atom. The number of amides is 1. The van der Waals surface area contributed by atoms with E-state index in [1.54, 1.807) is 30.3 Å². The fourth-order valence-electron chi connectivity index (χ4n) is 2.04. The van der Waals surface area contributed by atoms with Gasteiger partial charge in [-0.15, -0.1) is 0 Å². The van der Waals surface area contributed by atoms with Gasteiger partial charge < -0.3 is 10.3 Å². The van der Waals surface area contributed by atoms with Gasteiger partial charge >= 0.3 is 0 Å². The first-order valence-corrected chi connectivity index (χ1v) is 6.98. The van der Waals surface area contributed by atoms with Crippen LogP contribution in [0.2, 0.25) is 0 Å². The number of nitrogens with zero attached hydrogens (tertiary/aromatic N) is 1. The summed E-state index contributed by atoms with van der Waals surface area (Å²) in [5, 5.41) is 3.42. The number of nitrogens with one attached hydrogen (secondary N) is 2. The number of aromatic amines is 1. The second kappa shape index (κ2) is 5.49. The van der Waals surface area contributed by atoms with Gasteiger partial charge in [-0.2, -0.15) is 0 Å². The molecule has 0 aliphatic heterocycles. The molecule has 3 rings (SSSR count). The monoisotopic (exact) mass is 343 g/mol. The number of H-pyrrole nitrogens is 1. The lowest BCUT2D eigenvalue weighted by atomic mass is 10.1. The van der Waals surface area contributed by atoms with Crippen molar-refractivity contribution in [2.45, 2.75) is 0 Å². The summed E-state index contributed by atoms with van der Waals surface area (Å²) in [6.07, 6.45) is 1.54. The molecule has 1 amide bonds. The molecule has 21 heavy (non-hydrogen) atoms. The molecular formula is C15H10BrN3O2. The maximum atomic E-state index is 12.4. The molecule has 0 bridgehead atoms. The Balaban J connectivity index is 2.01. The first-order chi connectivity index (χ1) is 10.1. The van der Waals surface area contributed by atoms with Gasteiger partial charge in [0.05, 0.1) is 17.4 Å². The van der Waals surface area contributed by atoms with Crippen LogP contribution in [-0.4, -0.2) is 15.9 Å². The van der Waals surface area contributed by atoms with Crippen molar-refractivity contribution in [3.8, 4) is 0 Å². The van der Waals surface area contributed by atoms with Crippen LogP contribution in [0.4, 0.5) is 5.69 Å². The van der Waals surface area contributed by atoms with Gasteiger partial charge in [-0.3, -0.25) is 9.59 Å². The maximum absolute atomic E-state index is 12.4. The number of aromatic nitrogens is 2. The average molecular weight is 344 g/mol. The summed E-state index contributed by atoms with van der Waals surface area (Å²) in [4.78, 5) is 30.8. The lowest BCUT2D eigenvalue weighted by Crippen LogP contribution is -2.16. The van der Waals surface area contributed by atoms with Crippen LogP contribution < -0.4 is 10.9 Å². The maximum Gasteiger partial charge on any atom is 0.256 e. The predicted octanol–water partition coefficient (Wildman–Crippen LogP) is 2.94. The minimum Gasteiger partial charge on any atom is -0.322 e. The molecule has 0 aliphatic carbocycles. The smallest absolute Gasteiger partial charge is 0.256 e. The number of carbonyl (C=O) groups excluding carboxylic acids is 1. The number of fused-ring (bicyclic) bond motifs is 1. The Morgan fingerprint density at radius 1 is 1.19 bits per heavy atom. The Labute approximate surface area is 128 Å². The zero-order valence-corrected chi connectivity index (χ0v) is 12.3. The summed E-state index contributed by atoms with van der Waals surface area (Å²) < 4.78 is 0.683. The van der Waals surface area contributed by atoms with Crippen LogP contribution in [0, 0.1) is 0 Å². The van der Waals surface area contributed by atoms with E-state index in [-0.39, 0.29) is 11.5 Å². The molecule has 0 saturated heterocycles. The van der Waals surface area contributed by atoms with Gasteiger partial charge in [0.15, 0.2) is 0 Å². The number of pyridine rings is 2. The number of halogens is 1. The van der Waals surface area contributed by atoms with Gasteiger partial charge in [0, 0.05) is 17.0 Å². The molecule has 104 valence electrons. The molecule has 1 aromatic carbocycles. The first-order valence-electron chi connectivity index (χ1n) is 6.18. The fourth-order valence-corrected chi connectivity index (χ4v) is 2.28. The van der Waals surface area contributed by atoms with Crippen molar-refractivity contribution in [3.63, 3.8) is 0 Å². The highest BCUT2D eigenvalue weighted by Gasteiger charge is 2.11. The van der Waals surface area contributed by atoms with Crippen molar-refractivity contribution in [2.24, 2.45) is 0 Å². The molecule has 0 fully saturated rings. The quantitative estimate of drug-likeness (QED) is 0.702. The van der Waals surface area contributed by atoms with E-state index in [2.05, 4.69) is 31.2 Å². The summed E-state index contributed by atoms with van der Waals surface area (Å²) >= 11 is 3.23. The van der Waals surface area contributed by atoms with E-state index in [0.29, 0.717) is 26.8 Å². The van der Waals surface area contributed by atoms with Crippen LogP contribution in [0.15, 0.2) is 58.1 Å². The van der Waals surface area contributed by atoms with Crippen LogP contribution >= 0.6 is 15.9 Å². The minimum atomic E-state index is -0.346. The SMILES string of the molecule is O=C(Nc1ccc(Br)nc1)c1cc(=O)[nH]c2ccccc12. The third-order valence-corrected chi connectivity index (χ3v) is 3.45. The summed E-state index contributed by atoms with van der Waals surface area (Å²) in [5.74, 6) is -0.346. The van der Waals surface area contributed by atoms with Crippen LogP contribution in [0.1, 0.15) is 10.4 Å². The third-order valence-electron chi connectivity index (χ3n) is 2.98. The van der Waals surface area contributed by atoms with Gasteiger partial charge in [-0.25, -0.2) is 4.98 Å². The number of anilines is 1. The lowest BCUT2D eigenvalue weighted by Gasteiger charge is -2.07. The molecule has 2 aromatic heterocycles. The Morgan fingerprint density at radius 3 is 2.76 bits per heavy atom. The minimum absolute atomic E-state index is 0.312. The Kier molecular flexibility index (Phi) is 3.53. The Bertz CT molecular complexity index is 872. The fraction of sp³-hybridized carbons (Fsp3) is 0. The molecule has 0 spiro atoms. The van der Waals surface area contributed by atoms with Crippen molar-refractivity contribution in [2.75, 3.05) is 5.32 Å². The first kappa shape index (κ1) is 13.5. The summed E-state index contributed by atoms with van der Waals surface area (Å²) in [6, 6.07) is 11.9. The largest absolute Gasteiger partial charge is 0.322 e. The van der Waals surface area contributed by atoms with Crippen LogP contribution in [0.5, 0.6) is 0 Å². The summed E-state index contributed by atoms with van der Waals surface area (Å²) in [6.45, 7) is 0. The third kappa shape index (κ3) is 2.85. The average Bonchev–Trinajstić information content (AvgIpc) is 2.48. The topological polar surface area (TPSA) is 74.8 Å². The lowest BCUT2D eigenvalue weighted by molar-refractivity contribution is 0.102. The molecule has 5 nitrogen and oxygen atoms in total. The summed E-state index contributed by atoms with van der Waals surface area (Å²) in [7, 11) is 0. The van der Waals surface area contributed by atoms with E-state index in [9.17, 15) is 9.59 Å². The number of carbonyl (C=O) groups is 1. The van der Waals surface area contributed by atoms with E-state index in [1.807, 2.05) is 6.07 Å². The van der Waals surface area contributed by atoms with Crippen molar-refractivity contribution >= 4 is 38.4 Å². The number of rotatable bonds is 2. The molecule has 3 aromatic rings. The molecule has 0 saturated carbocycles.